The maximum atomic E-state index is 13.5. The predicted octanol–water partition coefficient (Wildman–Crippen LogP) is 4.44. The summed E-state index contributed by atoms with van der Waals surface area (Å²) in [5, 5.41) is 1.62. The van der Waals surface area contributed by atoms with Gasteiger partial charge in [-0.05, 0) is 29.1 Å². The van der Waals surface area contributed by atoms with E-state index < -0.39 is 6.04 Å². The summed E-state index contributed by atoms with van der Waals surface area (Å²) in [6.45, 7) is 0. The molecule has 7 heteroatoms. The van der Waals surface area contributed by atoms with Crippen LogP contribution in [0.3, 0.4) is 0 Å². The third kappa shape index (κ3) is 2.73. The molecule has 3 aromatic rings. The van der Waals surface area contributed by atoms with Crippen LogP contribution in [0.25, 0.3) is 10.8 Å². The zero-order chi connectivity index (χ0) is 20.8. The number of methoxy groups -OCH3 is 2. The fraction of sp³-hybridized carbons (Fsp3) is 0.217. The molecule has 6 nitrogen and oxygen atoms in total. The first kappa shape index (κ1) is 18.8. The second-order valence-electron chi connectivity index (χ2n) is 7.18. The summed E-state index contributed by atoms with van der Waals surface area (Å²) in [5.41, 5.74) is 1.54. The van der Waals surface area contributed by atoms with E-state index in [4.69, 9.17) is 9.47 Å². The van der Waals surface area contributed by atoms with Gasteiger partial charge in [-0.1, -0.05) is 42.5 Å². The Morgan fingerprint density at radius 2 is 1.70 bits per heavy atom. The van der Waals surface area contributed by atoms with Gasteiger partial charge in [0.25, 0.3) is 5.91 Å². The van der Waals surface area contributed by atoms with E-state index >= 15 is 0 Å². The van der Waals surface area contributed by atoms with Gasteiger partial charge in [-0.2, -0.15) is 0 Å². The second-order valence-corrected chi connectivity index (χ2v) is 8.29. The van der Waals surface area contributed by atoms with Crippen molar-refractivity contribution in [2.75, 3.05) is 24.9 Å². The number of thioether (sulfide) groups is 1. The van der Waals surface area contributed by atoms with Gasteiger partial charge in [0.05, 0.1) is 19.9 Å². The van der Waals surface area contributed by atoms with Gasteiger partial charge < -0.3 is 9.47 Å². The van der Waals surface area contributed by atoms with Crippen molar-refractivity contribution in [3.63, 3.8) is 0 Å². The van der Waals surface area contributed by atoms with Crippen LogP contribution in [-0.4, -0.2) is 42.9 Å². The highest BCUT2D eigenvalue weighted by molar-refractivity contribution is 7.99. The van der Waals surface area contributed by atoms with E-state index in [1.54, 1.807) is 30.9 Å². The van der Waals surface area contributed by atoms with Crippen LogP contribution in [-0.2, 0) is 4.79 Å². The van der Waals surface area contributed by atoms with Gasteiger partial charge in [-0.3, -0.25) is 9.69 Å². The Balaban J connectivity index is 1.54. The first-order chi connectivity index (χ1) is 14.6. The van der Waals surface area contributed by atoms with Crippen LogP contribution in [0.5, 0.6) is 11.5 Å². The highest BCUT2D eigenvalue weighted by atomic mass is 32.2. The number of hydrogen-bond acceptors (Lipinski definition) is 5. The standard InChI is InChI=1S/C23H20N2O4S/c1-28-19-11-10-15(12-20(19)29-2)22-25-18(13-30-22)21(26)24(23(25)27)17-9-5-7-14-6-3-4-8-16(14)17/h3-12,18,22H,13H2,1-2H3/t18-,22+/m0/s1. The summed E-state index contributed by atoms with van der Waals surface area (Å²) in [7, 11) is 3.17. The number of carbonyl (C=O) groups excluding carboxylic acids is 2. The number of nitrogens with zero attached hydrogens (tertiary/aromatic N) is 2. The Bertz CT molecular complexity index is 1160. The molecule has 3 aromatic carbocycles. The zero-order valence-electron chi connectivity index (χ0n) is 16.6. The molecule has 0 radical (unpaired) electrons. The van der Waals surface area contributed by atoms with Gasteiger partial charge >= 0.3 is 6.03 Å². The Kier molecular flexibility index (Phi) is 4.55. The van der Waals surface area contributed by atoms with Gasteiger partial charge in [0, 0.05) is 11.1 Å². The number of hydrogen-bond donors (Lipinski definition) is 0. The monoisotopic (exact) mass is 420 g/mol. The molecule has 2 fully saturated rings. The predicted molar refractivity (Wildman–Crippen MR) is 117 cm³/mol. The van der Waals surface area contributed by atoms with Gasteiger partial charge in [-0.15, -0.1) is 11.8 Å². The number of urea groups is 1. The normalized spacial score (nSPS) is 20.7. The fourth-order valence-electron chi connectivity index (χ4n) is 4.18. The third-order valence-electron chi connectivity index (χ3n) is 5.62. The average Bonchev–Trinajstić information content (AvgIpc) is 3.33. The highest BCUT2D eigenvalue weighted by Gasteiger charge is 2.53. The molecule has 2 aliphatic heterocycles. The second kappa shape index (κ2) is 7.25. The number of amides is 3. The molecule has 0 spiro atoms. The third-order valence-corrected chi connectivity index (χ3v) is 6.94. The van der Waals surface area contributed by atoms with Crippen LogP contribution in [0.1, 0.15) is 10.9 Å². The van der Waals surface area contributed by atoms with Crippen LogP contribution in [0, 0.1) is 0 Å². The number of rotatable bonds is 4. The maximum Gasteiger partial charge on any atom is 0.333 e. The van der Waals surface area contributed by atoms with Gasteiger partial charge in [0.1, 0.15) is 11.4 Å². The molecule has 0 N–H and O–H groups in total. The zero-order valence-corrected chi connectivity index (χ0v) is 17.4. The molecule has 0 bridgehead atoms. The molecule has 2 atom stereocenters. The minimum atomic E-state index is -0.473. The highest BCUT2D eigenvalue weighted by Crippen LogP contribution is 2.48. The summed E-state index contributed by atoms with van der Waals surface area (Å²) in [5.74, 6) is 1.61. The van der Waals surface area contributed by atoms with Crippen molar-refractivity contribution in [3.05, 3.63) is 66.2 Å². The fourth-order valence-corrected chi connectivity index (χ4v) is 5.58. The van der Waals surface area contributed by atoms with Crippen molar-refractivity contribution in [2.45, 2.75) is 11.4 Å². The quantitative estimate of drug-likeness (QED) is 0.584. The molecule has 0 aromatic heterocycles. The molecule has 2 heterocycles. The van der Waals surface area contributed by atoms with Crippen LogP contribution >= 0.6 is 11.8 Å². The molecule has 152 valence electrons. The van der Waals surface area contributed by atoms with E-state index in [0.717, 1.165) is 16.3 Å². The summed E-state index contributed by atoms with van der Waals surface area (Å²) < 4.78 is 10.7. The SMILES string of the molecule is COc1ccc([C@H]2SC[C@H]3C(=O)N(c4cccc5ccccc45)C(=O)N23)cc1OC. The summed E-state index contributed by atoms with van der Waals surface area (Å²) in [6.07, 6.45) is 0. The molecular weight excluding hydrogens is 400 g/mol. The van der Waals surface area contributed by atoms with E-state index in [2.05, 4.69) is 0 Å². The molecule has 0 aliphatic carbocycles. The Labute approximate surface area is 178 Å². The maximum absolute atomic E-state index is 13.5. The van der Waals surface area contributed by atoms with Crippen LogP contribution in [0.2, 0.25) is 0 Å². The van der Waals surface area contributed by atoms with Crippen molar-refractivity contribution in [1.82, 2.24) is 4.90 Å². The molecule has 0 unspecified atom stereocenters. The summed E-state index contributed by atoms with van der Waals surface area (Å²) in [4.78, 5) is 29.7. The first-order valence-electron chi connectivity index (χ1n) is 9.61. The Hall–Kier alpha value is -3.19. The number of carbonyl (C=O) groups is 2. The number of anilines is 1. The summed E-state index contributed by atoms with van der Waals surface area (Å²) >= 11 is 1.59. The minimum absolute atomic E-state index is 0.174. The van der Waals surface area contributed by atoms with Crippen LogP contribution < -0.4 is 14.4 Å². The van der Waals surface area contributed by atoms with Crippen LogP contribution in [0.15, 0.2) is 60.7 Å². The van der Waals surface area contributed by atoms with E-state index in [1.165, 1.54) is 4.90 Å². The molecule has 0 saturated carbocycles. The van der Waals surface area contributed by atoms with Gasteiger partial charge in [0.15, 0.2) is 11.5 Å². The molecule has 5 rings (SSSR count). The molecule has 2 aliphatic rings. The molecular formula is C23H20N2O4S. The van der Waals surface area contributed by atoms with Crippen molar-refractivity contribution in [1.29, 1.82) is 0 Å². The lowest BCUT2D eigenvalue weighted by atomic mass is 10.1. The minimum Gasteiger partial charge on any atom is -0.493 e. The number of benzene rings is 3. The number of fused-ring (bicyclic) bond motifs is 2. The Morgan fingerprint density at radius 1 is 0.933 bits per heavy atom. The van der Waals surface area contributed by atoms with Crippen molar-refractivity contribution in [3.8, 4) is 11.5 Å². The average molecular weight is 420 g/mol. The van der Waals surface area contributed by atoms with E-state index in [0.29, 0.717) is 22.9 Å². The Morgan fingerprint density at radius 3 is 2.50 bits per heavy atom. The number of ether oxygens (including phenoxy) is 2. The summed E-state index contributed by atoms with van der Waals surface area (Å²) in [6, 6.07) is 18.3. The first-order valence-corrected chi connectivity index (χ1v) is 10.7. The van der Waals surface area contributed by atoms with Gasteiger partial charge in [0.2, 0.25) is 0 Å². The molecule has 2 saturated heterocycles. The lowest BCUT2D eigenvalue weighted by Gasteiger charge is -2.24. The van der Waals surface area contributed by atoms with Gasteiger partial charge in [-0.25, -0.2) is 9.69 Å². The topological polar surface area (TPSA) is 59.1 Å². The lowest BCUT2D eigenvalue weighted by molar-refractivity contribution is -0.119. The van der Waals surface area contributed by atoms with Crippen LogP contribution in [0.4, 0.5) is 10.5 Å². The van der Waals surface area contributed by atoms with E-state index in [9.17, 15) is 9.59 Å². The number of imide groups is 1. The molecule has 30 heavy (non-hydrogen) atoms. The van der Waals surface area contributed by atoms with Crippen molar-refractivity contribution < 1.29 is 19.1 Å². The molecule has 3 amide bonds. The van der Waals surface area contributed by atoms with E-state index in [1.807, 2.05) is 60.7 Å². The smallest absolute Gasteiger partial charge is 0.333 e. The van der Waals surface area contributed by atoms with E-state index in [-0.39, 0.29) is 17.3 Å². The lowest BCUT2D eigenvalue weighted by Crippen LogP contribution is -2.34. The largest absolute Gasteiger partial charge is 0.493 e. The van der Waals surface area contributed by atoms with Crippen molar-refractivity contribution >= 4 is 40.2 Å². The van der Waals surface area contributed by atoms with Crippen molar-refractivity contribution in [2.24, 2.45) is 0 Å².